The molecule has 5 nitrogen and oxygen atoms in total. The number of nitrogens with one attached hydrogen (secondary N) is 2. The lowest BCUT2D eigenvalue weighted by Gasteiger charge is -2.10. The molecule has 1 aliphatic rings. The number of nitrogens with zero attached hydrogens (tertiary/aromatic N) is 1. The van der Waals surface area contributed by atoms with Gasteiger partial charge in [0.1, 0.15) is 5.75 Å². The summed E-state index contributed by atoms with van der Waals surface area (Å²) in [7, 11) is 0. The number of carbonyl (C=O) groups is 1. The lowest BCUT2D eigenvalue weighted by atomic mass is 10.2. The van der Waals surface area contributed by atoms with E-state index in [1.807, 2.05) is 6.92 Å². The Labute approximate surface area is 106 Å². The Morgan fingerprint density at radius 3 is 3.11 bits per heavy atom. The van der Waals surface area contributed by atoms with Gasteiger partial charge in [0.25, 0.3) is 5.91 Å². The number of benzene rings is 1. The molecule has 18 heavy (non-hydrogen) atoms. The minimum Gasteiger partial charge on any atom is -0.506 e. The summed E-state index contributed by atoms with van der Waals surface area (Å²) in [6.07, 6.45) is 2.00. The summed E-state index contributed by atoms with van der Waals surface area (Å²) in [5, 5.41) is 15.3. The molecule has 2 rings (SSSR count). The number of carbonyl (C=O) groups excluding carboxylic acids is 1. The standard InChI is InChI=1S/C13H17N3O2/c1-9-4-5-11(17)10(8-9)16-13(18)12-14-6-2-3-7-15-12/h4-5,8,17H,2-3,6-7H2,1H3,(H,14,15)(H,16,18). The van der Waals surface area contributed by atoms with Gasteiger partial charge in [-0.15, -0.1) is 0 Å². The Bertz CT molecular complexity index is 483. The fourth-order valence-corrected chi connectivity index (χ4v) is 1.77. The van der Waals surface area contributed by atoms with Crippen molar-refractivity contribution < 1.29 is 9.90 Å². The van der Waals surface area contributed by atoms with Crippen LogP contribution in [0.15, 0.2) is 23.2 Å². The maximum absolute atomic E-state index is 12.0. The van der Waals surface area contributed by atoms with Crippen LogP contribution in [0.2, 0.25) is 0 Å². The van der Waals surface area contributed by atoms with Crippen LogP contribution in [0.5, 0.6) is 5.75 Å². The highest BCUT2D eigenvalue weighted by molar-refractivity contribution is 6.42. The number of hydrogen-bond donors (Lipinski definition) is 3. The Balaban J connectivity index is 2.10. The number of amidine groups is 1. The first-order valence-electron chi connectivity index (χ1n) is 6.06. The minimum absolute atomic E-state index is 0.0585. The average Bonchev–Trinajstić information content (AvgIpc) is 2.62. The minimum atomic E-state index is -0.308. The average molecular weight is 247 g/mol. The van der Waals surface area contributed by atoms with Crippen molar-refractivity contribution in [2.24, 2.45) is 4.99 Å². The zero-order chi connectivity index (χ0) is 13.0. The molecule has 0 aromatic heterocycles. The van der Waals surface area contributed by atoms with Gasteiger partial charge in [0.2, 0.25) is 0 Å². The largest absolute Gasteiger partial charge is 0.506 e. The van der Waals surface area contributed by atoms with Gasteiger partial charge in [-0.1, -0.05) is 6.07 Å². The first kappa shape index (κ1) is 12.4. The Morgan fingerprint density at radius 2 is 2.28 bits per heavy atom. The highest BCUT2D eigenvalue weighted by Crippen LogP contribution is 2.23. The van der Waals surface area contributed by atoms with Crippen LogP contribution in [0.1, 0.15) is 18.4 Å². The van der Waals surface area contributed by atoms with Gasteiger partial charge < -0.3 is 15.7 Å². The van der Waals surface area contributed by atoms with Gasteiger partial charge in [0, 0.05) is 13.1 Å². The lowest BCUT2D eigenvalue weighted by Crippen LogP contribution is -2.35. The molecule has 5 heteroatoms. The molecular formula is C13H17N3O2. The van der Waals surface area contributed by atoms with Gasteiger partial charge in [0.05, 0.1) is 5.69 Å². The van der Waals surface area contributed by atoms with Crippen molar-refractivity contribution in [3.05, 3.63) is 23.8 Å². The maximum atomic E-state index is 12.0. The highest BCUT2D eigenvalue weighted by atomic mass is 16.3. The number of anilines is 1. The molecule has 96 valence electrons. The quantitative estimate of drug-likeness (QED) is 0.692. The molecule has 0 saturated carbocycles. The topological polar surface area (TPSA) is 73.7 Å². The normalized spacial score (nSPS) is 15.3. The number of aryl methyl sites for hydroxylation is 1. The van der Waals surface area contributed by atoms with Crippen LogP contribution in [0.25, 0.3) is 0 Å². The number of rotatable bonds is 2. The molecule has 0 unspecified atom stereocenters. The summed E-state index contributed by atoms with van der Waals surface area (Å²) in [5.74, 6) is 0.0920. The van der Waals surface area contributed by atoms with E-state index in [2.05, 4.69) is 15.6 Å². The smallest absolute Gasteiger partial charge is 0.290 e. The number of amides is 1. The van der Waals surface area contributed by atoms with Gasteiger partial charge in [-0.2, -0.15) is 0 Å². The summed E-state index contributed by atoms with van der Waals surface area (Å²) in [6.45, 7) is 3.32. The molecule has 3 N–H and O–H groups in total. The van der Waals surface area contributed by atoms with Crippen molar-refractivity contribution in [2.45, 2.75) is 19.8 Å². The van der Waals surface area contributed by atoms with Gasteiger partial charge in [0.15, 0.2) is 5.84 Å². The van der Waals surface area contributed by atoms with Gasteiger partial charge in [-0.25, -0.2) is 0 Å². The van der Waals surface area contributed by atoms with Crippen molar-refractivity contribution in [3.63, 3.8) is 0 Å². The van der Waals surface area contributed by atoms with Crippen molar-refractivity contribution in [2.75, 3.05) is 18.4 Å². The summed E-state index contributed by atoms with van der Waals surface area (Å²) >= 11 is 0. The first-order valence-corrected chi connectivity index (χ1v) is 6.06. The van der Waals surface area contributed by atoms with Crippen LogP contribution >= 0.6 is 0 Å². The van der Waals surface area contributed by atoms with E-state index < -0.39 is 0 Å². The molecule has 1 aliphatic heterocycles. The summed E-state index contributed by atoms with van der Waals surface area (Å²) in [6, 6.07) is 5.07. The number of hydrogen-bond acceptors (Lipinski definition) is 4. The summed E-state index contributed by atoms with van der Waals surface area (Å²) in [5.41, 5.74) is 1.38. The van der Waals surface area contributed by atoms with Gasteiger partial charge in [-0.05, 0) is 37.5 Å². The zero-order valence-corrected chi connectivity index (χ0v) is 10.4. The Kier molecular flexibility index (Phi) is 3.82. The van der Waals surface area contributed by atoms with E-state index in [9.17, 15) is 9.90 Å². The van der Waals surface area contributed by atoms with E-state index in [0.717, 1.165) is 24.9 Å². The monoisotopic (exact) mass is 247 g/mol. The third kappa shape index (κ3) is 3.00. The second kappa shape index (κ2) is 5.53. The number of phenols is 1. The molecule has 0 fully saturated rings. The molecule has 0 spiro atoms. The molecule has 0 bridgehead atoms. The fraction of sp³-hybridized carbons (Fsp3) is 0.385. The van der Waals surface area contributed by atoms with Gasteiger partial charge in [-0.3, -0.25) is 9.79 Å². The van der Waals surface area contributed by atoms with E-state index in [1.165, 1.54) is 0 Å². The fourth-order valence-electron chi connectivity index (χ4n) is 1.77. The molecule has 0 aliphatic carbocycles. The van der Waals surface area contributed by atoms with Gasteiger partial charge >= 0.3 is 0 Å². The van der Waals surface area contributed by atoms with E-state index in [-0.39, 0.29) is 11.7 Å². The van der Waals surface area contributed by atoms with E-state index in [4.69, 9.17) is 0 Å². The van der Waals surface area contributed by atoms with Crippen molar-refractivity contribution >= 4 is 17.4 Å². The summed E-state index contributed by atoms with van der Waals surface area (Å²) in [4.78, 5) is 16.2. The predicted molar refractivity (Wildman–Crippen MR) is 71.0 cm³/mol. The zero-order valence-electron chi connectivity index (χ0n) is 10.4. The van der Waals surface area contributed by atoms with E-state index >= 15 is 0 Å². The Hall–Kier alpha value is -2.04. The number of aromatic hydroxyl groups is 1. The Morgan fingerprint density at radius 1 is 1.44 bits per heavy atom. The molecule has 1 aromatic rings. The summed E-state index contributed by atoms with van der Waals surface area (Å²) < 4.78 is 0. The second-order valence-electron chi connectivity index (χ2n) is 4.34. The molecule has 1 heterocycles. The van der Waals surface area contributed by atoms with Crippen molar-refractivity contribution in [3.8, 4) is 5.75 Å². The van der Waals surface area contributed by atoms with Crippen LogP contribution in [0.4, 0.5) is 5.69 Å². The molecular weight excluding hydrogens is 230 g/mol. The third-order valence-electron chi connectivity index (χ3n) is 2.76. The van der Waals surface area contributed by atoms with Crippen LogP contribution in [0, 0.1) is 6.92 Å². The lowest BCUT2D eigenvalue weighted by molar-refractivity contribution is -0.110. The molecule has 1 amide bonds. The predicted octanol–water partition coefficient (Wildman–Crippen LogP) is 1.42. The molecule has 0 saturated heterocycles. The molecule has 0 atom stereocenters. The van der Waals surface area contributed by atoms with Crippen LogP contribution in [-0.2, 0) is 4.79 Å². The van der Waals surface area contributed by atoms with E-state index in [0.29, 0.717) is 18.1 Å². The van der Waals surface area contributed by atoms with Crippen molar-refractivity contribution in [1.29, 1.82) is 0 Å². The first-order chi connectivity index (χ1) is 8.66. The maximum Gasteiger partial charge on any atom is 0.290 e. The number of aliphatic imine (C=N–C) groups is 1. The molecule has 0 radical (unpaired) electrons. The van der Waals surface area contributed by atoms with Crippen LogP contribution in [-0.4, -0.2) is 29.9 Å². The highest BCUT2D eigenvalue weighted by Gasteiger charge is 2.14. The van der Waals surface area contributed by atoms with Crippen LogP contribution in [0.3, 0.4) is 0 Å². The second-order valence-corrected chi connectivity index (χ2v) is 4.34. The van der Waals surface area contributed by atoms with Crippen molar-refractivity contribution in [1.82, 2.24) is 5.32 Å². The number of phenolic OH excluding ortho intramolecular Hbond substituents is 1. The molecule has 1 aromatic carbocycles. The van der Waals surface area contributed by atoms with Crippen LogP contribution < -0.4 is 10.6 Å². The third-order valence-corrected chi connectivity index (χ3v) is 2.76. The SMILES string of the molecule is Cc1ccc(O)c(NC(=O)C2=NCCCCN2)c1. The van der Waals surface area contributed by atoms with E-state index in [1.54, 1.807) is 18.2 Å².